The minimum Gasteiger partial charge on any atom is -0.341 e. The minimum absolute atomic E-state index is 0.193. The van der Waals surface area contributed by atoms with Crippen LogP contribution in [-0.4, -0.2) is 67.4 Å². The summed E-state index contributed by atoms with van der Waals surface area (Å²) in [5, 5.41) is 4.63. The molecule has 2 N–H and O–H groups in total. The Bertz CT molecular complexity index is 435. The molecule has 4 amide bonds. The highest BCUT2D eigenvalue weighted by molar-refractivity contribution is 5.95. The summed E-state index contributed by atoms with van der Waals surface area (Å²) in [6, 6.07) is -0.488. The van der Waals surface area contributed by atoms with Gasteiger partial charge >= 0.3 is 6.03 Å². The number of nitrogens with zero attached hydrogens (tertiary/aromatic N) is 2. The molecule has 1 aliphatic heterocycles. The summed E-state index contributed by atoms with van der Waals surface area (Å²) >= 11 is 0. The van der Waals surface area contributed by atoms with Gasteiger partial charge < -0.3 is 10.2 Å². The fraction of sp³-hybridized carbons (Fsp3) is 0.812. The molecule has 0 bridgehead atoms. The maximum atomic E-state index is 12.4. The smallest absolute Gasteiger partial charge is 0.321 e. The van der Waals surface area contributed by atoms with E-state index in [9.17, 15) is 14.4 Å². The summed E-state index contributed by atoms with van der Waals surface area (Å²) in [7, 11) is 1.47. The number of carbonyl (C=O) groups excluding carboxylic acids is 3. The van der Waals surface area contributed by atoms with Gasteiger partial charge in [-0.25, -0.2) is 4.79 Å². The molecule has 1 saturated heterocycles. The molecule has 130 valence electrons. The van der Waals surface area contributed by atoms with Gasteiger partial charge in [0.15, 0.2) is 0 Å². The van der Waals surface area contributed by atoms with E-state index in [0.717, 1.165) is 19.5 Å². The zero-order chi connectivity index (χ0) is 16.7. The van der Waals surface area contributed by atoms with Crippen molar-refractivity contribution in [2.24, 2.45) is 5.92 Å². The second-order valence-electron chi connectivity index (χ2n) is 6.49. The van der Waals surface area contributed by atoms with Gasteiger partial charge in [-0.1, -0.05) is 12.8 Å². The van der Waals surface area contributed by atoms with Crippen LogP contribution < -0.4 is 10.6 Å². The number of rotatable bonds is 4. The van der Waals surface area contributed by atoms with Crippen molar-refractivity contribution in [3.8, 4) is 0 Å². The first-order valence-electron chi connectivity index (χ1n) is 8.60. The number of hydrogen-bond donors (Lipinski definition) is 2. The molecular formula is C16H28N4O3. The molecule has 0 aromatic carbocycles. The molecule has 2 rings (SSSR count). The van der Waals surface area contributed by atoms with E-state index in [2.05, 4.69) is 10.6 Å². The minimum atomic E-state index is -0.488. The monoisotopic (exact) mass is 324 g/mol. The van der Waals surface area contributed by atoms with Gasteiger partial charge in [-0.3, -0.25) is 19.8 Å². The van der Waals surface area contributed by atoms with Crippen LogP contribution in [0.4, 0.5) is 4.79 Å². The van der Waals surface area contributed by atoms with Gasteiger partial charge in [0.1, 0.15) is 0 Å². The molecule has 0 unspecified atom stereocenters. The fourth-order valence-electron chi connectivity index (χ4n) is 3.40. The van der Waals surface area contributed by atoms with Gasteiger partial charge in [-0.05, 0) is 25.2 Å². The quantitative estimate of drug-likeness (QED) is 0.791. The van der Waals surface area contributed by atoms with E-state index in [1.165, 1.54) is 32.7 Å². The molecule has 7 heteroatoms. The molecule has 1 aliphatic carbocycles. The van der Waals surface area contributed by atoms with E-state index in [4.69, 9.17) is 0 Å². The first-order valence-corrected chi connectivity index (χ1v) is 8.60. The Labute approximate surface area is 137 Å². The van der Waals surface area contributed by atoms with Crippen molar-refractivity contribution in [2.75, 3.05) is 39.8 Å². The van der Waals surface area contributed by atoms with Crippen molar-refractivity contribution in [3.05, 3.63) is 0 Å². The molecule has 0 spiro atoms. The Balaban J connectivity index is 1.74. The SMILES string of the molecule is CNC(=O)NC(=O)CN1CCCN(C(=O)CC2CCCC2)CC1. The third-order valence-corrected chi connectivity index (χ3v) is 4.73. The number of urea groups is 1. The molecule has 23 heavy (non-hydrogen) atoms. The lowest BCUT2D eigenvalue weighted by atomic mass is 10.0. The van der Waals surface area contributed by atoms with Crippen LogP contribution in [0.15, 0.2) is 0 Å². The standard InChI is InChI=1S/C16H28N4O3/c1-17-16(23)18-14(21)12-19-7-4-8-20(10-9-19)15(22)11-13-5-2-3-6-13/h13H,2-12H2,1H3,(H2,17,18,21,23). The van der Waals surface area contributed by atoms with E-state index in [0.29, 0.717) is 25.4 Å². The van der Waals surface area contributed by atoms with Crippen LogP contribution in [-0.2, 0) is 9.59 Å². The first-order chi connectivity index (χ1) is 11.1. The second kappa shape index (κ2) is 8.86. The van der Waals surface area contributed by atoms with E-state index in [1.807, 2.05) is 9.80 Å². The molecule has 0 radical (unpaired) electrons. The highest BCUT2D eigenvalue weighted by Crippen LogP contribution is 2.28. The Kier molecular flexibility index (Phi) is 6.83. The normalized spacial score (nSPS) is 20.1. The molecule has 0 aromatic heterocycles. The Hall–Kier alpha value is -1.63. The lowest BCUT2D eigenvalue weighted by Crippen LogP contribution is -2.44. The molecule has 0 aromatic rings. The van der Waals surface area contributed by atoms with Gasteiger partial charge in [-0.15, -0.1) is 0 Å². The van der Waals surface area contributed by atoms with Crippen LogP contribution in [0.2, 0.25) is 0 Å². The average Bonchev–Trinajstić information content (AvgIpc) is 2.91. The van der Waals surface area contributed by atoms with Crippen LogP contribution in [0.1, 0.15) is 38.5 Å². The van der Waals surface area contributed by atoms with E-state index in [1.54, 1.807) is 0 Å². The lowest BCUT2D eigenvalue weighted by molar-refractivity contribution is -0.132. The topological polar surface area (TPSA) is 81.8 Å². The van der Waals surface area contributed by atoms with E-state index >= 15 is 0 Å². The van der Waals surface area contributed by atoms with Crippen LogP contribution in [0, 0.1) is 5.92 Å². The summed E-state index contributed by atoms with van der Waals surface area (Å²) < 4.78 is 0. The molecule has 0 atom stereocenters. The maximum Gasteiger partial charge on any atom is 0.321 e. The maximum absolute atomic E-state index is 12.4. The van der Waals surface area contributed by atoms with Crippen LogP contribution in [0.3, 0.4) is 0 Å². The Morgan fingerprint density at radius 1 is 1.00 bits per heavy atom. The fourth-order valence-corrected chi connectivity index (χ4v) is 3.40. The second-order valence-corrected chi connectivity index (χ2v) is 6.49. The van der Waals surface area contributed by atoms with Crippen molar-refractivity contribution in [3.63, 3.8) is 0 Å². The summed E-state index contributed by atoms with van der Waals surface area (Å²) in [4.78, 5) is 39.2. The van der Waals surface area contributed by atoms with E-state index in [-0.39, 0.29) is 18.4 Å². The summed E-state index contributed by atoms with van der Waals surface area (Å²) in [6.45, 7) is 3.07. The number of hydrogen-bond acceptors (Lipinski definition) is 4. The lowest BCUT2D eigenvalue weighted by Gasteiger charge is -2.23. The largest absolute Gasteiger partial charge is 0.341 e. The summed E-state index contributed by atoms with van der Waals surface area (Å²) in [5.74, 6) is 0.517. The molecule has 7 nitrogen and oxygen atoms in total. The third kappa shape index (κ3) is 5.82. The van der Waals surface area contributed by atoms with Crippen molar-refractivity contribution in [1.82, 2.24) is 20.4 Å². The highest BCUT2D eigenvalue weighted by Gasteiger charge is 2.24. The Morgan fingerprint density at radius 3 is 2.43 bits per heavy atom. The van der Waals surface area contributed by atoms with Gasteiger partial charge in [0.05, 0.1) is 6.54 Å². The number of amides is 4. The van der Waals surface area contributed by atoms with E-state index < -0.39 is 6.03 Å². The first kappa shape index (κ1) is 17.7. The zero-order valence-corrected chi connectivity index (χ0v) is 14.0. The third-order valence-electron chi connectivity index (χ3n) is 4.73. The van der Waals surface area contributed by atoms with Gasteiger partial charge in [0, 0.05) is 39.6 Å². The zero-order valence-electron chi connectivity index (χ0n) is 14.0. The average molecular weight is 324 g/mol. The number of carbonyl (C=O) groups is 3. The van der Waals surface area contributed by atoms with Crippen molar-refractivity contribution < 1.29 is 14.4 Å². The van der Waals surface area contributed by atoms with Gasteiger partial charge in [-0.2, -0.15) is 0 Å². The Morgan fingerprint density at radius 2 is 1.74 bits per heavy atom. The van der Waals surface area contributed by atoms with Crippen molar-refractivity contribution in [2.45, 2.75) is 38.5 Å². The highest BCUT2D eigenvalue weighted by atomic mass is 16.2. The van der Waals surface area contributed by atoms with Gasteiger partial charge in [0.2, 0.25) is 11.8 Å². The molecule has 2 aliphatic rings. The van der Waals surface area contributed by atoms with Gasteiger partial charge in [0.25, 0.3) is 0 Å². The predicted molar refractivity (Wildman–Crippen MR) is 86.8 cm³/mol. The van der Waals surface area contributed by atoms with Crippen molar-refractivity contribution >= 4 is 17.8 Å². The van der Waals surface area contributed by atoms with Crippen LogP contribution in [0.25, 0.3) is 0 Å². The molecule has 1 saturated carbocycles. The number of imide groups is 1. The predicted octanol–water partition coefficient (Wildman–Crippen LogP) is 0.557. The summed E-state index contributed by atoms with van der Waals surface area (Å²) in [5.41, 5.74) is 0. The summed E-state index contributed by atoms with van der Waals surface area (Å²) in [6.07, 6.45) is 6.43. The molecular weight excluding hydrogens is 296 g/mol. The van der Waals surface area contributed by atoms with Crippen molar-refractivity contribution in [1.29, 1.82) is 0 Å². The molecule has 1 heterocycles. The number of nitrogens with one attached hydrogen (secondary N) is 2. The van der Waals surface area contributed by atoms with Crippen LogP contribution in [0.5, 0.6) is 0 Å². The molecule has 2 fully saturated rings. The van der Waals surface area contributed by atoms with Crippen LogP contribution >= 0.6 is 0 Å².